The number of amides is 1. The van der Waals surface area contributed by atoms with Crippen LogP contribution in [0.3, 0.4) is 0 Å². The number of hydrogen-bond acceptors (Lipinski definition) is 5. The van der Waals surface area contributed by atoms with E-state index >= 15 is 0 Å². The Hall–Kier alpha value is -2.75. The number of nitriles is 1. The molecule has 3 N–H and O–H groups in total. The average molecular weight is 374 g/mol. The summed E-state index contributed by atoms with van der Waals surface area (Å²) >= 11 is 6.00. The number of hydrogen-bond donors (Lipinski definition) is 3. The lowest BCUT2D eigenvalue weighted by Gasteiger charge is -2.16. The van der Waals surface area contributed by atoms with Crippen molar-refractivity contribution in [2.45, 2.75) is 19.5 Å². The van der Waals surface area contributed by atoms with Crippen LogP contribution in [0.2, 0.25) is 5.02 Å². The normalized spacial score (nSPS) is 11.3. The number of carbonyl (C=O) groups excluding carboxylic acids is 1. The van der Waals surface area contributed by atoms with Gasteiger partial charge in [0.25, 0.3) is 5.91 Å². The van der Waals surface area contributed by atoms with Crippen LogP contribution in [-0.4, -0.2) is 30.8 Å². The van der Waals surface area contributed by atoms with Gasteiger partial charge in [-0.15, -0.1) is 0 Å². The summed E-state index contributed by atoms with van der Waals surface area (Å²) in [5, 5.41) is 24.7. The molecule has 1 atom stereocenters. The molecular weight excluding hydrogens is 354 g/mol. The van der Waals surface area contributed by atoms with Crippen LogP contribution < -0.4 is 15.4 Å². The van der Waals surface area contributed by atoms with Crippen LogP contribution in [-0.2, 0) is 6.54 Å². The number of aliphatic hydroxyl groups is 1. The summed E-state index contributed by atoms with van der Waals surface area (Å²) in [4.78, 5) is 12.6. The van der Waals surface area contributed by atoms with Gasteiger partial charge in [0, 0.05) is 18.3 Å². The fourth-order valence-corrected chi connectivity index (χ4v) is 2.53. The molecule has 0 spiro atoms. The van der Waals surface area contributed by atoms with Crippen molar-refractivity contribution in [3.8, 4) is 11.8 Å². The predicted molar refractivity (Wildman–Crippen MR) is 101 cm³/mol. The molecule has 0 fully saturated rings. The SMILES string of the molecule is COc1cc(CNC(=O)c2cc(C#N)ccc2N[C@@H](C)CO)ccc1Cl. The van der Waals surface area contributed by atoms with Crippen molar-refractivity contribution in [2.75, 3.05) is 19.0 Å². The van der Waals surface area contributed by atoms with Gasteiger partial charge in [-0.05, 0) is 42.8 Å². The molecule has 136 valence electrons. The largest absolute Gasteiger partial charge is 0.495 e. The summed E-state index contributed by atoms with van der Waals surface area (Å²) in [6.45, 7) is 1.99. The number of methoxy groups -OCH3 is 1. The summed E-state index contributed by atoms with van der Waals surface area (Å²) in [7, 11) is 1.53. The number of benzene rings is 2. The average Bonchev–Trinajstić information content (AvgIpc) is 2.67. The minimum atomic E-state index is -0.330. The van der Waals surface area contributed by atoms with Crippen LogP contribution in [0.5, 0.6) is 5.75 Å². The van der Waals surface area contributed by atoms with Crippen molar-refractivity contribution in [1.29, 1.82) is 5.26 Å². The van der Waals surface area contributed by atoms with Crippen LogP contribution in [0, 0.1) is 11.3 Å². The zero-order chi connectivity index (χ0) is 19.1. The summed E-state index contributed by atoms with van der Waals surface area (Å²) in [6.07, 6.45) is 0. The zero-order valence-corrected chi connectivity index (χ0v) is 15.3. The molecular formula is C19H20ClN3O3. The molecule has 26 heavy (non-hydrogen) atoms. The Morgan fingerprint density at radius 2 is 2.12 bits per heavy atom. The minimum absolute atomic E-state index is 0.0777. The lowest BCUT2D eigenvalue weighted by atomic mass is 10.1. The van der Waals surface area contributed by atoms with Gasteiger partial charge >= 0.3 is 0 Å². The number of nitrogens with one attached hydrogen (secondary N) is 2. The maximum absolute atomic E-state index is 12.6. The quantitative estimate of drug-likeness (QED) is 0.693. The van der Waals surface area contributed by atoms with E-state index in [-0.39, 0.29) is 25.1 Å². The molecule has 0 bridgehead atoms. The van der Waals surface area contributed by atoms with Gasteiger partial charge in [-0.25, -0.2) is 0 Å². The molecule has 0 aliphatic heterocycles. The first-order chi connectivity index (χ1) is 12.5. The van der Waals surface area contributed by atoms with E-state index in [0.717, 1.165) is 5.56 Å². The van der Waals surface area contributed by atoms with Gasteiger partial charge in [0.15, 0.2) is 0 Å². The van der Waals surface area contributed by atoms with Gasteiger partial charge in [0.05, 0.1) is 35.9 Å². The first-order valence-electron chi connectivity index (χ1n) is 8.00. The molecule has 0 aliphatic carbocycles. The molecule has 0 radical (unpaired) electrons. The maximum Gasteiger partial charge on any atom is 0.253 e. The van der Waals surface area contributed by atoms with Gasteiger partial charge in [-0.2, -0.15) is 5.26 Å². The lowest BCUT2D eigenvalue weighted by Crippen LogP contribution is -2.26. The van der Waals surface area contributed by atoms with Gasteiger partial charge in [0.2, 0.25) is 0 Å². The highest BCUT2D eigenvalue weighted by molar-refractivity contribution is 6.32. The highest BCUT2D eigenvalue weighted by Crippen LogP contribution is 2.25. The highest BCUT2D eigenvalue weighted by atomic mass is 35.5. The van der Waals surface area contributed by atoms with Crippen molar-refractivity contribution in [3.63, 3.8) is 0 Å². The summed E-state index contributed by atoms with van der Waals surface area (Å²) in [5.74, 6) is 0.202. The molecule has 2 rings (SSSR count). The third-order valence-corrected chi connectivity index (χ3v) is 4.05. The van der Waals surface area contributed by atoms with E-state index in [2.05, 4.69) is 10.6 Å². The Bertz CT molecular complexity index is 833. The van der Waals surface area contributed by atoms with Crippen molar-refractivity contribution in [1.82, 2.24) is 5.32 Å². The van der Waals surface area contributed by atoms with Crippen LogP contribution in [0.25, 0.3) is 0 Å². The van der Waals surface area contributed by atoms with E-state index in [9.17, 15) is 9.90 Å². The molecule has 0 saturated heterocycles. The van der Waals surface area contributed by atoms with Crippen LogP contribution in [0.1, 0.15) is 28.4 Å². The van der Waals surface area contributed by atoms with Gasteiger partial charge < -0.3 is 20.5 Å². The summed E-state index contributed by atoms with van der Waals surface area (Å²) < 4.78 is 5.17. The van der Waals surface area contributed by atoms with E-state index in [1.54, 1.807) is 37.3 Å². The molecule has 0 aromatic heterocycles. The van der Waals surface area contributed by atoms with Crippen molar-refractivity contribution in [3.05, 3.63) is 58.1 Å². The molecule has 1 amide bonds. The van der Waals surface area contributed by atoms with E-state index < -0.39 is 0 Å². The molecule has 7 heteroatoms. The number of carbonyl (C=O) groups is 1. The minimum Gasteiger partial charge on any atom is -0.495 e. The molecule has 0 heterocycles. The number of ether oxygens (including phenoxy) is 1. The number of nitrogens with zero attached hydrogens (tertiary/aromatic N) is 1. The van der Waals surface area contributed by atoms with Crippen LogP contribution in [0.4, 0.5) is 5.69 Å². The second-order valence-corrected chi connectivity index (χ2v) is 6.16. The number of rotatable bonds is 7. The van der Waals surface area contributed by atoms with Gasteiger partial charge in [-0.3, -0.25) is 4.79 Å². The Kier molecular flexibility index (Phi) is 6.84. The van der Waals surface area contributed by atoms with Crippen molar-refractivity contribution in [2.24, 2.45) is 0 Å². The third kappa shape index (κ3) is 4.88. The van der Waals surface area contributed by atoms with Crippen molar-refractivity contribution < 1.29 is 14.6 Å². The Morgan fingerprint density at radius 3 is 2.77 bits per heavy atom. The second kappa shape index (κ2) is 9.09. The van der Waals surface area contributed by atoms with E-state index in [0.29, 0.717) is 27.6 Å². The zero-order valence-electron chi connectivity index (χ0n) is 14.5. The molecule has 2 aromatic carbocycles. The Morgan fingerprint density at radius 1 is 1.35 bits per heavy atom. The monoisotopic (exact) mass is 373 g/mol. The smallest absolute Gasteiger partial charge is 0.253 e. The van der Waals surface area contributed by atoms with E-state index in [1.165, 1.54) is 13.2 Å². The molecule has 6 nitrogen and oxygen atoms in total. The molecule has 0 aliphatic rings. The second-order valence-electron chi connectivity index (χ2n) is 5.75. The van der Waals surface area contributed by atoms with Gasteiger partial charge in [0.1, 0.15) is 5.75 Å². The van der Waals surface area contributed by atoms with E-state index in [1.807, 2.05) is 6.07 Å². The Balaban J connectivity index is 2.19. The predicted octanol–water partition coefficient (Wildman–Crippen LogP) is 2.94. The number of anilines is 1. The van der Waals surface area contributed by atoms with Gasteiger partial charge in [-0.1, -0.05) is 17.7 Å². The summed E-state index contributed by atoms with van der Waals surface area (Å²) in [5.41, 5.74) is 2.10. The topological polar surface area (TPSA) is 94.4 Å². The fourth-order valence-electron chi connectivity index (χ4n) is 2.33. The van der Waals surface area contributed by atoms with Crippen LogP contribution >= 0.6 is 11.6 Å². The van der Waals surface area contributed by atoms with E-state index in [4.69, 9.17) is 21.6 Å². The molecule has 0 unspecified atom stereocenters. The van der Waals surface area contributed by atoms with Crippen molar-refractivity contribution >= 4 is 23.2 Å². The number of aliphatic hydroxyl groups excluding tert-OH is 1. The summed E-state index contributed by atoms with van der Waals surface area (Å²) in [6, 6.07) is 11.8. The molecule has 0 saturated carbocycles. The third-order valence-electron chi connectivity index (χ3n) is 3.74. The number of halogens is 1. The fraction of sp³-hybridized carbons (Fsp3) is 0.263. The van der Waals surface area contributed by atoms with Crippen LogP contribution in [0.15, 0.2) is 36.4 Å². The lowest BCUT2D eigenvalue weighted by molar-refractivity contribution is 0.0951. The highest BCUT2D eigenvalue weighted by Gasteiger charge is 2.14. The maximum atomic E-state index is 12.6. The first kappa shape index (κ1) is 19.6. The molecule has 2 aromatic rings. The first-order valence-corrected chi connectivity index (χ1v) is 8.38. The standard InChI is InChI=1S/C19H20ClN3O3/c1-12(11-24)23-17-6-4-13(9-21)7-15(17)19(25)22-10-14-3-5-16(20)18(8-14)26-2/h3-8,12,23-24H,10-11H2,1-2H3,(H,22,25)/t12-/m0/s1. The Labute approximate surface area is 157 Å².